The Morgan fingerprint density at radius 2 is 1.96 bits per heavy atom. The highest BCUT2D eigenvalue weighted by atomic mass is 19.1. The predicted molar refractivity (Wildman–Crippen MR) is 107 cm³/mol. The molecule has 1 aromatic heterocycles. The van der Waals surface area contributed by atoms with Crippen LogP contribution < -0.4 is 5.32 Å². The number of rotatable bonds is 4. The number of aryl methyl sites for hydroxylation is 2. The number of amides is 1. The van der Waals surface area contributed by atoms with Crippen LogP contribution in [0, 0.1) is 19.7 Å². The summed E-state index contributed by atoms with van der Waals surface area (Å²) in [5.74, 6) is -0.474. The maximum absolute atomic E-state index is 13.4. The number of halogens is 1. The van der Waals surface area contributed by atoms with Crippen LogP contribution in [-0.2, 0) is 4.74 Å². The van der Waals surface area contributed by atoms with E-state index in [0.29, 0.717) is 12.2 Å². The molecule has 0 unspecified atom stereocenters. The summed E-state index contributed by atoms with van der Waals surface area (Å²) in [4.78, 5) is 17.8. The largest absolute Gasteiger partial charge is 0.376 e. The Hall–Kier alpha value is -2.79. The maximum atomic E-state index is 13.4. The van der Waals surface area contributed by atoms with Crippen LogP contribution in [0.4, 0.5) is 4.39 Å². The zero-order valence-corrected chi connectivity index (χ0v) is 16.0. The van der Waals surface area contributed by atoms with E-state index in [1.54, 1.807) is 12.1 Å². The van der Waals surface area contributed by atoms with Crippen molar-refractivity contribution in [1.29, 1.82) is 0 Å². The van der Waals surface area contributed by atoms with Crippen LogP contribution in [-0.4, -0.2) is 23.6 Å². The number of fused-ring (bicyclic) bond motifs is 1. The first kappa shape index (κ1) is 18.6. The second-order valence-corrected chi connectivity index (χ2v) is 7.39. The Labute approximate surface area is 163 Å². The first-order valence-electron chi connectivity index (χ1n) is 9.57. The zero-order valence-electron chi connectivity index (χ0n) is 16.0. The summed E-state index contributed by atoms with van der Waals surface area (Å²) in [6, 6.07) is 13.6. The van der Waals surface area contributed by atoms with Gasteiger partial charge in [0.25, 0.3) is 5.91 Å². The number of nitrogens with one attached hydrogen (secondary N) is 1. The second-order valence-electron chi connectivity index (χ2n) is 7.39. The molecular weight excluding hydrogens is 355 g/mol. The molecule has 2 heterocycles. The number of aromatic nitrogens is 1. The highest BCUT2D eigenvalue weighted by Crippen LogP contribution is 2.28. The number of ether oxygens (including phenoxy) is 1. The molecule has 3 aromatic rings. The van der Waals surface area contributed by atoms with Gasteiger partial charge in [0.15, 0.2) is 0 Å². The molecule has 1 N–H and O–H groups in total. The van der Waals surface area contributed by atoms with Gasteiger partial charge in [-0.1, -0.05) is 23.8 Å². The molecule has 0 spiro atoms. The Balaban J connectivity index is 1.71. The van der Waals surface area contributed by atoms with Crippen molar-refractivity contribution in [3.8, 4) is 0 Å². The van der Waals surface area contributed by atoms with E-state index in [1.807, 2.05) is 38.1 Å². The maximum Gasteiger partial charge on any atom is 0.252 e. The van der Waals surface area contributed by atoms with E-state index in [1.165, 1.54) is 12.1 Å². The van der Waals surface area contributed by atoms with Crippen molar-refractivity contribution in [2.75, 3.05) is 6.61 Å². The van der Waals surface area contributed by atoms with Crippen LogP contribution in [0.15, 0.2) is 48.5 Å². The smallest absolute Gasteiger partial charge is 0.252 e. The molecule has 0 saturated carbocycles. The summed E-state index contributed by atoms with van der Waals surface area (Å²) in [7, 11) is 0. The molecule has 2 aromatic carbocycles. The first-order valence-corrected chi connectivity index (χ1v) is 9.57. The minimum absolute atomic E-state index is 0.120. The highest BCUT2D eigenvalue weighted by molar-refractivity contribution is 6.06. The molecule has 144 valence electrons. The van der Waals surface area contributed by atoms with E-state index in [0.717, 1.165) is 40.6 Å². The number of hydrogen-bond donors (Lipinski definition) is 1. The fourth-order valence-corrected chi connectivity index (χ4v) is 3.81. The van der Waals surface area contributed by atoms with Gasteiger partial charge in [-0.05, 0) is 62.6 Å². The molecule has 5 heteroatoms. The molecule has 1 fully saturated rings. The van der Waals surface area contributed by atoms with E-state index < -0.39 is 0 Å². The molecule has 0 radical (unpaired) electrons. The van der Waals surface area contributed by atoms with Crippen LogP contribution in [0.1, 0.15) is 46.1 Å². The fraction of sp³-hybridized carbons (Fsp3) is 0.304. The van der Waals surface area contributed by atoms with Crippen LogP contribution in [0.25, 0.3) is 10.9 Å². The average Bonchev–Trinajstić information content (AvgIpc) is 3.21. The molecule has 0 aliphatic carbocycles. The number of nitrogens with zero attached hydrogens (tertiary/aromatic N) is 1. The van der Waals surface area contributed by atoms with Gasteiger partial charge in [-0.2, -0.15) is 0 Å². The minimum Gasteiger partial charge on any atom is -0.376 e. The molecule has 1 aliphatic rings. The van der Waals surface area contributed by atoms with Gasteiger partial charge in [0.1, 0.15) is 5.82 Å². The van der Waals surface area contributed by atoms with E-state index in [2.05, 4.69) is 10.3 Å². The third-order valence-corrected chi connectivity index (χ3v) is 5.19. The summed E-state index contributed by atoms with van der Waals surface area (Å²) in [6.07, 6.45) is 1.69. The molecule has 1 saturated heterocycles. The van der Waals surface area contributed by atoms with Gasteiger partial charge >= 0.3 is 0 Å². The number of carbonyl (C=O) groups is 1. The van der Waals surface area contributed by atoms with E-state index >= 15 is 0 Å². The summed E-state index contributed by atoms with van der Waals surface area (Å²) < 4.78 is 19.2. The van der Waals surface area contributed by atoms with Gasteiger partial charge in [0.2, 0.25) is 0 Å². The Bertz CT molecular complexity index is 1010. The van der Waals surface area contributed by atoms with Crippen LogP contribution in [0.5, 0.6) is 0 Å². The lowest BCUT2D eigenvalue weighted by Gasteiger charge is -2.25. The number of carbonyl (C=O) groups excluding carboxylic acids is 1. The topological polar surface area (TPSA) is 51.2 Å². The zero-order chi connectivity index (χ0) is 19.7. The Morgan fingerprint density at radius 3 is 2.68 bits per heavy atom. The Morgan fingerprint density at radius 1 is 1.18 bits per heavy atom. The lowest BCUT2D eigenvalue weighted by Crippen LogP contribution is -2.36. The molecule has 4 nitrogen and oxygen atoms in total. The number of benzene rings is 2. The van der Waals surface area contributed by atoms with Crippen molar-refractivity contribution < 1.29 is 13.9 Å². The predicted octanol–water partition coefficient (Wildman–Crippen LogP) is 4.64. The standard InChI is InChI=1S/C23H23FN2O2/c1-14-5-10-20-18(12-14)19(13-15(2)25-20)23(27)26-22(21-4-3-11-28-21)16-6-8-17(24)9-7-16/h5-10,12-13,21-22H,3-4,11H2,1-2H3,(H,26,27)/t21-,22+/m0/s1. The van der Waals surface area contributed by atoms with Crippen molar-refractivity contribution in [2.24, 2.45) is 0 Å². The Kier molecular flexibility index (Phi) is 5.09. The van der Waals surface area contributed by atoms with Gasteiger partial charge < -0.3 is 10.1 Å². The second kappa shape index (κ2) is 7.68. The minimum atomic E-state index is -0.330. The summed E-state index contributed by atoms with van der Waals surface area (Å²) in [5.41, 5.74) is 4.09. The van der Waals surface area contributed by atoms with Crippen molar-refractivity contribution >= 4 is 16.8 Å². The quantitative estimate of drug-likeness (QED) is 0.719. The van der Waals surface area contributed by atoms with E-state index in [4.69, 9.17) is 4.74 Å². The molecular formula is C23H23FN2O2. The normalized spacial score (nSPS) is 17.6. The average molecular weight is 378 g/mol. The van der Waals surface area contributed by atoms with Crippen LogP contribution >= 0.6 is 0 Å². The van der Waals surface area contributed by atoms with Crippen molar-refractivity contribution in [3.05, 3.63) is 76.7 Å². The third kappa shape index (κ3) is 3.76. The van der Waals surface area contributed by atoms with Crippen molar-refractivity contribution in [1.82, 2.24) is 10.3 Å². The molecule has 1 aliphatic heterocycles. The molecule has 2 atom stereocenters. The molecule has 28 heavy (non-hydrogen) atoms. The number of hydrogen-bond acceptors (Lipinski definition) is 3. The fourth-order valence-electron chi connectivity index (χ4n) is 3.81. The van der Waals surface area contributed by atoms with Gasteiger partial charge in [0, 0.05) is 17.7 Å². The molecule has 0 bridgehead atoms. The summed E-state index contributed by atoms with van der Waals surface area (Å²) >= 11 is 0. The van der Waals surface area contributed by atoms with E-state index in [-0.39, 0.29) is 23.9 Å². The van der Waals surface area contributed by atoms with Gasteiger partial charge in [-0.25, -0.2) is 4.39 Å². The number of pyridine rings is 1. The summed E-state index contributed by atoms with van der Waals surface area (Å²) in [5, 5.41) is 3.96. The SMILES string of the molecule is Cc1ccc2nc(C)cc(C(=O)N[C@H](c3ccc(F)cc3)[C@@H]3CCCO3)c2c1. The lowest BCUT2D eigenvalue weighted by molar-refractivity contribution is 0.0673. The van der Waals surface area contributed by atoms with Gasteiger partial charge in [-0.15, -0.1) is 0 Å². The van der Waals surface area contributed by atoms with Crippen molar-refractivity contribution in [3.63, 3.8) is 0 Å². The molecule has 1 amide bonds. The lowest BCUT2D eigenvalue weighted by atomic mass is 9.98. The highest BCUT2D eigenvalue weighted by Gasteiger charge is 2.29. The van der Waals surface area contributed by atoms with Gasteiger partial charge in [0.05, 0.1) is 23.2 Å². The van der Waals surface area contributed by atoms with Gasteiger partial charge in [-0.3, -0.25) is 9.78 Å². The van der Waals surface area contributed by atoms with Crippen molar-refractivity contribution in [2.45, 2.75) is 38.8 Å². The third-order valence-electron chi connectivity index (χ3n) is 5.19. The monoisotopic (exact) mass is 378 g/mol. The van der Waals surface area contributed by atoms with Crippen LogP contribution in [0.3, 0.4) is 0 Å². The summed E-state index contributed by atoms with van der Waals surface area (Å²) in [6.45, 7) is 4.55. The first-order chi connectivity index (χ1) is 13.5. The van der Waals surface area contributed by atoms with Crippen LogP contribution in [0.2, 0.25) is 0 Å². The van der Waals surface area contributed by atoms with E-state index in [9.17, 15) is 9.18 Å². The molecule has 4 rings (SSSR count).